The summed E-state index contributed by atoms with van der Waals surface area (Å²) in [6.07, 6.45) is -2.93. The number of ether oxygens (including phenoxy) is 1. The quantitative estimate of drug-likeness (QED) is 0.785. The van der Waals surface area contributed by atoms with Gasteiger partial charge in [0, 0.05) is 12.7 Å². The zero-order valence-electron chi connectivity index (χ0n) is 12.3. The topological polar surface area (TPSA) is 56.2 Å². The van der Waals surface area contributed by atoms with Crippen molar-refractivity contribution in [2.75, 3.05) is 13.2 Å². The van der Waals surface area contributed by atoms with Crippen LogP contribution in [0, 0.1) is 0 Å². The lowest BCUT2D eigenvalue weighted by atomic mass is 9.98. The predicted molar refractivity (Wildman–Crippen MR) is 70.6 cm³/mol. The number of carbonyl (C=O) groups excluding carboxylic acids is 1. The predicted octanol–water partition coefficient (Wildman–Crippen LogP) is 2.22. The van der Waals surface area contributed by atoms with Gasteiger partial charge in [0.05, 0.1) is 6.61 Å². The second-order valence-corrected chi connectivity index (χ2v) is 4.79. The minimum absolute atomic E-state index is 0.179. The van der Waals surface area contributed by atoms with Gasteiger partial charge in [-0.2, -0.15) is 18.3 Å². The van der Waals surface area contributed by atoms with E-state index in [1.165, 1.54) is 10.9 Å². The molecule has 120 valence electrons. The summed E-state index contributed by atoms with van der Waals surface area (Å²) in [5.74, 6) is -0.421. The maximum Gasteiger partial charge on any atom is 0.435 e. The molecule has 1 rings (SSSR count). The highest BCUT2D eigenvalue weighted by atomic mass is 19.4. The highest BCUT2D eigenvalue weighted by Gasteiger charge is 2.35. The van der Waals surface area contributed by atoms with Gasteiger partial charge in [0.1, 0.15) is 5.54 Å². The molecule has 0 bridgehead atoms. The van der Waals surface area contributed by atoms with Gasteiger partial charge in [-0.1, -0.05) is 6.92 Å². The van der Waals surface area contributed by atoms with E-state index in [9.17, 15) is 18.0 Å². The first kappa shape index (κ1) is 17.5. The van der Waals surface area contributed by atoms with Crippen LogP contribution < -0.4 is 5.32 Å². The van der Waals surface area contributed by atoms with E-state index in [0.717, 1.165) is 6.07 Å². The van der Waals surface area contributed by atoms with Crippen molar-refractivity contribution in [1.29, 1.82) is 0 Å². The Morgan fingerprint density at radius 3 is 2.57 bits per heavy atom. The zero-order valence-corrected chi connectivity index (χ0v) is 12.3. The molecule has 0 aromatic carbocycles. The molecule has 0 spiro atoms. The molecular formula is C13H20F3N3O2. The first-order chi connectivity index (χ1) is 9.73. The molecule has 1 heterocycles. The van der Waals surface area contributed by atoms with E-state index in [1.54, 1.807) is 13.8 Å². The van der Waals surface area contributed by atoms with E-state index in [1.807, 2.05) is 6.92 Å². The number of alkyl halides is 3. The van der Waals surface area contributed by atoms with Crippen LogP contribution in [0.25, 0.3) is 0 Å². The molecular weight excluding hydrogens is 287 g/mol. The molecule has 1 atom stereocenters. The van der Waals surface area contributed by atoms with Crippen LogP contribution in [0.15, 0.2) is 12.3 Å². The van der Waals surface area contributed by atoms with Gasteiger partial charge in [-0.15, -0.1) is 0 Å². The molecule has 21 heavy (non-hydrogen) atoms. The van der Waals surface area contributed by atoms with Crippen molar-refractivity contribution in [3.8, 4) is 0 Å². The molecule has 8 heteroatoms. The maximum absolute atomic E-state index is 12.5. The van der Waals surface area contributed by atoms with Gasteiger partial charge in [-0.05, 0) is 32.9 Å². The van der Waals surface area contributed by atoms with Crippen molar-refractivity contribution in [3.05, 3.63) is 18.0 Å². The molecule has 0 saturated heterocycles. The molecule has 1 N–H and O–H groups in total. The summed E-state index contributed by atoms with van der Waals surface area (Å²) in [5.41, 5.74) is -1.89. The maximum atomic E-state index is 12.5. The molecule has 0 aliphatic heterocycles. The van der Waals surface area contributed by atoms with Gasteiger partial charge in [0.15, 0.2) is 5.69 Å². The fourth-order valence-corrected chi connectivity index (χ4v) is 1.92. The number of esters is 1. The van der Waals surface area contributed by atoms with E-state index in [0.29, 0.717) is 6.54 Å². The standard InChI is InChI=1S/C13H20F3N3O2/c1-4-17-12(3,11(20)21-5-2)7-9-19-8-6-10(18-19)13(14,15)16/h6,8,17H,4-5,7,9H2,1-3H3. The van der Waals surface area contributed by atoms with E-state index in [2.05, 4.69) is 10.4 Å². The second kappa shape index (κ2) is 6.93. The third-order valence-corrected chi connectivity index (χ3v) is 3.06. The van der Waals surface area contributed by atoms with Crippen molar-refractivity contribution < 1.29 is 22.7 Å². The fraction of sp³-hybridized carbons (Fsp3) is 0.692. The minimum atomic E-state index is -4.46. The number of nitrogens with zero attached hydrogens (tertiary/aromatic N) is 2. The fourth-order valence-electron chi connectivity index (χ4n) is 1.92. The van der Waals surface area contributed by atoms with Crippen LogP contribution in [0.2, 0.25) is 0 Å². The Balaban J connectivity index is 2.73. The number of hydrogen-bond acceptors (Lipinski definition) is 4. The second-order valence-electron chi connectivity index (χ2n) is 4.79. The van der Waals surface area contributed by atoms with E-state index >= 15 is 0 Å². The molecule has 5 nitrogen and oxygen atoms in total. The highest BCUT2D eigenvalue weighted by molar-refractivity contribution is 5.80. The zero-order chi connectivity index (χ0) is 16.1. The smallest absolute Gasteiger partial charge is 0.435 e. The summed E-state index contributed by atoms with van der Waals surface area (Å²) in [5, 5.41) is 6.47. The lowest BCUT2D eigenvalue weighted by Gasteiger charge is -2.28. The first-order valence-electron chi connectivity index (χ1n) is 6.76. The van der Waals surface area contributed by atoms with Gasteiger partial charge in [0.25, 0.3) is 0 Å². The number of likely N-dealkylation sites (N-methyl/N-ethyl adjacent to an activating group) is 1. The summed E-state index contributed by atoms with van der Waals surface area (Å²) >= 11 is 0. The molecule has 0 aliphatic carbocycles. The number of carbonyl (C=O) groups is 1. The molecule has 0 fully saturated rings. The van der Waals surface area contributed by atoms with E-state index in [-0.39, 0.29) is 19.6 Å². The molecule has 0 aliphatic rings. The largest absolute Gasteiger partial charge is 0.465 e. The summed E-state index contributed by atoms with van der Waals surface area (Å²) in [7, 11) is 0. The first-order valence-corrected chi connectivity index (χ1v) is 6.76. The van der Waals surface area contributed by atoms with Crippen LogP contribution in [0.5, 0.6) is 0 Å². The van der Waals surface area contributed by atoms with Crippen LogP contribution in [0.1, 0.15) is 32.9 Å². The molecule has 1 unspecified atom stereocenters. The Kier molecular flexibility index (Phi) is 5.77. The van der Waals surface area contributed by atoms with Crippen LogP contribution in [0.4, 0.5) is 13.2 Å². The van der Waals surface area contributed by atoms with Crippen LogP contribution in [0.3, 0.4) is 0 Å². The van der Waals surface area contributed by atoms with Gasteiger partial charge < -0.3 is 10.1 Å². The summed E-state index contributed by atoms with van der Waals surface area (Å²) < 4.78 is 43.6. The summed E-state index contributed by atoms with van der Waals surface area (Å²) in [4.78, 5) is 11.9. The van der Waals surface area contributed by atoms with Gasteiger partial charge in [-0.25, -0.2) is 0 Å². The average molecular weight is 307 g/mol. The van der Waals surface area contributed by atoms with Crippen molar-refractivity contribution >= 4 is 5.97 Å². The van der Waals surface area contributed by atoms with Crippen LogP contribution >= 0.6 is 0 Å². The lowest BCUT2D eigenvalue weighted by Crippen LogP contribution is -2.51. The molecule has 1 aromatic rings. The van der Waals surface area contributed by atoms with Crippen molar-refractivity contribution in [2.45, 2.75) is 45.5 Å². The third-order valence-electron chi connectivity index (χ3n) is 3.06. The van der Waals surface area contributed by atoms with Crippen LogP contribution in [-0.2, 0) is 22.3 Å². The normalized spacial score (nSPS) is 14.8. The number of aromatic nitrogens is 2. The molecule has 0 radical (unpaired) electrons. The summed E-state index contributed by atoms with van der Waals surface area (Å²) in [6.45, 7) is 6.18. The Morgan fingerprint density at radius 1 is 1.43 bits per heavy atom. The number of rotatable bonds is 7. The van der Waals surface area contributed by atoms with Crippen molar-refractivity contribution in [2.24, 2.45) is 0 Å². The van der Waals surface area contributed by atoms with Crippen LogP contribution in [-0.4, -0.2) is 34.4 Å². The SMILES string of the molecule is CCNC(C)(CCn1ccc(C(F)(F)F)n1)C(=O)OCC. The Bertz CT molecular complexity index is 473. The average Bonchev–Trinajstić information content (AvgIpc) is 2.86. The number of halogens is 3. The Labute approximate surface area is 121 Å². The van der Waals surface area contributed by atoms with E-state index < -0.39 is 23.4 Å². The monoisotopic (exact) mass is 307 g/mol. The minimum Gasteiger partial charge on any atom is -0.465 e. The van der Waals surface area contributed by atoms with E-state index in [4.69, 9.17) is 4.74 Å². The Hall–Kier alpha value is -1.57. The van der Waals surface area contributed by atoms with Crippen molar-refractivity contribution in [3.63, 3.8) is 0 Å². The third kappa shape index (κ3) is 4.73. The van der Waals surface area contributed by atoms with Gasteiger partial charge in [0.2, 0.25) is 0 Å². The Morgan fingerprint density at radius 2 is 2.10 bits per heavy atom. The molecule has 0 amide bonds. The van der Waals surface area contributed by atoms with Crippen molar-refractivity contribution in [1.82, 2.24) is 15.1 Å². The number of hydrogen-bond donors (Lipinski definition) is 1. The highest BCUT2D eigenvalue weighted by Crippen LogP contribution is 2.27. The molecule has 0 saturated carbocycles. The number of nitrogens with one attached hydrogen (secondary N) is 1. The lowest BCUT2D eigenvalue weighted by molar-refractivity contribution is -0.151. The summed E-state index contributed by atoms with van der Waals surface area (Å²) in [6, 6.07) is 0.912. The molecule has 1 aromatic heterocycles. The van der Waals surface area contributed by atoms with Gasteiger partial charge >= 0.3 is 12.1 Å². The number of aryl methyl sites for hydroxylation is 1. The van der Waals surface area contributed by atoms with Gasteiger partial charge in [-0.3, -0.25) is 9.48 Å².